The van der Waals surface area contributed by atoms with Crippen LogP contribution in [0.4, 0.5) is 11.4 Å². The first-order valence-electron chi connectivity index (χ1n) is 12.9. The fourth-order valence-electron chi connectivity index (χ4n) is 5.27. The van der Waals surface area contributed by atoms with Crippen LogP contribution in [0.1, 0.15) is 42.1 Å². The van der Waals surface area contributed by atoms with E-state index in [-0.39, 0.29) is 17.7 Å². The quantitative estimate of drug-likeness (QED) is 0.289. The Balaban J connectivity index is 1.30. The topological polar surface area (TPSA) is 82.1 Å². The number of aryl methyl sites for hydroxylation is 1. The normalized spacial score (nSPS) is 17.5. The molecule has 0 aliphatic carbocycles. The Morgan fingerprint density at radius 3 is 2.89 bits per heavy atom. The maximum Gasteiger partial charge on any atom is 0.258 e. The summed E-state index contributed by atoms with van der Waals surface area (Å²) < 4.78 is 7.40. The number of nitrogens with zero attached hydrogens (tertiary/aromatic N) is 2. The molecule has 7 nitrogen and oxygen atoms in total. The van der Waals surface area contributed by atoms with Crippen LogP contribution in [0.3, 0.4) is 0 Å². The van der Waals surface area contributed by atoms with Crippen LogP contribution in [0.15, 0.2) is 53.4 Å². The standard InChI is InChI=1S/C29H33N3O4S/c1-3-19-17-21(10-13-26(19)33)37-31-14-5-7-20(18-31)28(34)30-24-11-12-25-27-22(24)8-4-9-23(27)29(35)32(25)15-6-16-36-2/h4,8-13,17,20,33H,3,5-7,14-16,18H2,1-2H3,(H,30,34). The molecular formula is C29H33N3O4S. The lowest BCUT2D eigenvalue weighted by Crippen LogP contribution is -2.37. The molecule has 1 saturated heterocycles. The second kappa shape index (κ2) is 11.1. The zero-order chi connectivity index (χ0) is 25.9. The molecule has 0 saturated carbocycles. The van der Waals surface area contributed by atoms with E-state index < -0.39 is 0 Å². The number of aromatic hydroxyl groups is 1. The first kappa shape index (κ1) is 25.6. The van der Waals surface area contributed by atoms with Crippen LogP contribution in [0.5, 0.6) is 5.75 Å². The number of carbonyl (C=O) groups is 2. The van der Waals surface area contributed by atoms with E-state index in [1.807, 2.05) is 54.3 Å². The third-order valence-corrected chi connectivity index (χ3v) is 8.25. The number of hydrogen-bond acceptors (Lipinski definition) is 6. The van der Waals surface area contributed by atoms with Gasteiger partial charge in [-0.1, -0.05) is 19.1 Å². The molecule has 2 N–H and O–H groups in total. The fourth-order valence-corrected chi connectivity index (χ4v) is 6.37. The average Bonchev–Trinajstić information content (AvgIpc) is 3.19. The number of carbonyl (C=O) groups excluding carboxylic acids is 2. The van der Waals surface area contributed by atoms with Crippen LogP contribution in [-0.2, 0) is 16.0 Å². The van der Waals surface area contributed by atoms with Gasteiger partial charge in [-0.15, -0.1) is 0 Å². The van der Waals surface area contributed by atoms with Crippen molar-refractivity contribution in [3.05, 3.63) is 59.7 Å². The van der Waals surface area contributed by atoms with E-state index in [4.69, 9.17) is 4.74 Å². The fraction of sp³-hybridized carbons (Fsp3) is 0.379. The molecule has 1 atom stereocenters. The van der Waals surface area contributed by atoms with Gasteiger partial charge in [-0.3, -0.25) is 9.59 Å². The number of phenolic OH excluding ortho intramolecular Hbond substituents is 1. The number of hydrogen-bond donors (Lipinski definition) is 2. The average molecular weight is 520 g/mol. The summed E-state index contributed by atoms with van der Waals surface area (Å²) in [6.07, 6.45) is 3.32. The van der Waals surface area contributed by atoms with E-state index in [0.717, 1.165) is 64.8 Å². The third-order valence-electron chi connectivity index (χ3n) is 7.19. The van der Waals surface area contributed by atoms with Crippen LogP contribution in [0, 0.1) is 5.92 Å². The highest BCUT2D eigenvalue weighted by atomic mass is 32.2. The third kappa shape index (κ3) is 5.19. The zero-order valence-electron chi connectivity index (χ0n) is 21.3. The van der Waals surface area contributed by atoms with Crippen LogP contribution >= 0.6 is 11.9 Å². The Kier molecular flexibility index (Phi) is 7.69. The number of ether oxygens (including phenoxy) is 1. The highest BCUT2D eigenvalue weighted by Gasteiger charge is 2.31. The van der Waals surface area contributed by atoms with Crippen molar-refractivity contribution in [2.24, 2.45) is 5.92 Å². The summed E-state index contributed by atoms with van der Waals surface area (Å²) in [7, 11) is 1.66. The molecule has 37 heavy (non-hydrogen) atoms. The van der Waals surface area contributed by atoms with Crippen molar-refractivity contribution < 1.29 is 19.4 Å². The van der Waals surface area contributed by atoms with Crippen molar-refractivity contribution in [1.29, 1.82) is 0 Å². The number of rotatable bonds is 9. The maximum atomic E-state index is 13.4. The molecule has 1 fully saturated rings. The van der Waals surface area contributed by atoms with Crippen molar-refractivity contribution in [1.82, 2.24) is 4.31 Å². The molecular weight excluding hydrogens is 486 g/mol. The molecule has 0 bridgehead atoms. The van der Waals surface area contributed by atoms with Crippen molar-refractivity contribution >= 4 is 45.9 Å². The summed E-state index contributed by atoms with van der Waals surface area (Å²) in [6.45, 7) is 4.80. The molecule has 3 aromatic rings. The van der Waals surface area contributed by atoms with E-state index >= 15 is 0 Å². The Morgan fingerprint density at radius 1 is 1.22 bits per heavy atom. The van der Waals surface area contributed by atoms with Gasteiger partial charge in [-0.25, -0.2) is 4.31 Å². The van der Waals surface area contributed by atoms with E-state index in [9.17, 15) is 14.7 Å². The summed E-state index contributed by atoms with van der Waals surface area (Å²) in [6, 6.07) is 15.3. The summed E-state index contributed by atoms with van der Waals surface area (Å²) in [4.78, 5) is 29.3. The molecule has 2 heterocycles. The van der Waals surface area contributed by atoms with Gasteiger partial charge in [0.25, 0.3) is 5.91 Å². The summed E-state index contributed by atoms with van der Waals surface area (Å²) >= 11 is 1.64. The Bertz CT molecular complexity index is 1330. The maximum absolute atomic E-state index is 13.4. The predicted octanol–water partition coefficient (Wildman–Crippen LogP) is 5.46. The van der Waals surface area contributed by atoms with Crippen LogP contribution in [-0.4, -0.2) is 54.6 Å². The van der Waals surface area contributed by atoms with Gasteiger partial charge < -0.3 is 20.1 Å². The minimum absolute atomic E-state index is 0.000544. The van der Waals surface area contributed by atoms with E-state index in [1.54, 1.807) is 25.1 Å². The molecule has 1 unspecified atom stereocenters. The molecule has 8 heteroatoms. The van der Waals surface area contributed by atoms with Gasteiger partial charge in [0.15, 0.2) is 0 Å². The first-order valence-corrected chi connectivity index (χ1v) is 13.7. The number of methoxy groups -OCH3 is 1. The summed E-state index contributed by atoms with van der Waals surface area (Å²) in [5.74, 6) is 0.208. The molecule has 5 rings (SSSR count). The minimum Gasteiger partial charge on any atom is -0.508 e. The smallest absolute Gasteiger partial charge is 0.258 e. The van der Waals surface area contributed by atoms with Gasteiger partial charge in [0.1, 0.15) is 5.75 Å². The van der Waals surface area contributed by atoms with Crippen LogP contribution in [0.25, 0.3) is 10.8 Å². The highest BCUT2D eigenvalue weighted by molar-refractivity contribution is 7.97. The minimum atomic E-state index is -0.126. The lowest BCUT2D eigenvalue weighted by Gasteiger charge is -2.31. The van der Waals surface area contributed by atoms with Crippen molar-refractivity contribution in [3.8, 4) is 5.75 Å². The van der Waals surface area contributed by atoms with E-state index in [1.165, 1.54) is 0 Å². The van der Waals surface area contributed by atoms with Crippen molar-refractivity contribution in [3.63, 3.8) is 0 Å². The number of nitrogens with one attached hydrogen (secondary N) is 1. The molecule has 3 aromatic carbocycles. The van der Waals surface area contributed by atoms with Gasteiger partial charge in [-0.2, -0.15) is 0 Å². The van der Waals surface area contributed by atoms with Crippen molar-refractivity contribution in [2.75, 3.05) is 43.6 Å². The lowest BCUT2D eigenvalue weighted by molar-refractivity contribution is -0.120. The molecule has 0 radical (unpaired) electrons. The van der Waals surface area contributed by atoms with Gasteiger partial charge >= 0.3 is 0 Å². The number of anilines is 2. The Morgan fingerprint density at radius 2 is 2.08 bits per heavy atom. The molecule has 2 aliphatic rings. The second-order valence-corrected chi connectivity index (χ2v) is 10.8. The lowest BCUT2D eigenvalue weighted by atomic mass is 9.98. The van der Waals surface area contributed by atoms with E-state index in [0.29, 0.717) is 31.0 Å². The zero-order valence-corrected chi connectivity index (χ0v) is 22.1. The molecule has 2 aliphatic heterocycles. The molecule has 2 amide bonds. The van der Waals surface area contributed by atoms with Crippen molar-refractivity contribution in [2.45, 2.75) is 37.5 Å². The predicted molar refractivity (Wildman–Crippen MR) is 148 cm³/mol. The van der Waals surface area contributed by atoms with E-state index in [2.05, 4.69) is 9.62 Å². The molecule has 0 aromatic heterocycles. The Labute approximate surface area is 221 Å². The highest BCUT2D eigenvalue weighted by Crippen LogP contribution is 2.41. The van der Waals surface area contributed by atoms with Gasteiger partial charge in [0, 0.05) is 60.3 Å². The second-order valence-electron chi connectivity index (χ2n) is 9.62. The number of phenols is 1. The summed E-state index contributed by atoms with van der Waals surface area (Å²) in [5, 5.41) is 15.0. The van der Waals surface area contributed by atoms with Gasteiger partial charge in [0.2, 0.25) is 5.91 Å². The molecule has 0 spiro atoms. The van der Waals surface area contributed by atoms with Crippen LogP contribution < -0.4 is 10.2 Å². The number of amides is 2. The SMILES string of the molecule is CCc1cc(SN2CCCC(C(=O)Nc3ccc4c5c(cccc35)C(=O)N4CCCOC)C2)ccc1O. The molecule has 194 valence electrons. The number of benzene rings is 3. The van der Waals surface area contributed by atoms with Crippen LogP contribution in [0.2, 0.25) is 0 Å². The number of piperidine rings is 1. The summed E-state index contributed by atoms with van der Waals surface area (Å²) in [5.41, 5.74) is 3.25. The van der Waals surface area contributed by atoms with Gasteiger partial charge in [0.05, 0.1) is 11.6 Å². The monoisotopic (exact) mass is 519 g/mol. The Hall–Kier alpha value is -3.07. The first-order chi connectivity index (χ1) is 18.0. The van der Waals surface area contributed by atoms with Gasteiger partial charge in [-0.05, 0) is 79.6 Å². The largest absolute Gasteiger partial charge is 0.508 e.